The number of likely N-dealkylation sites (N-methyl/N-ethyl adjacent to an activating group) is 1. The Balaban J connectivity index is 2.13. The fourth-order valence-corrected chi connectivity index (χ4v) is 2.08. The lowest BCUT2D eigenvalue weighted by Gasteiger charge is -2.33. The third kappa shape index (κ3) is 3.95. The topological polar surface area (TPSA) is 38.5 Å². The number of nitrogens with zero attached hydrogens (tertiary/aromatic N) is 1. The number of hydrogen-bond donors (Lipinski definition) is 1. The van der Waals surface area contributed by atoms with Crippen LogP contribution in [0, 0.1) is 0 Å². The number of rotatable bonds is 5. The first-order valence-electron chi connectivity index (χ1n) is 5.77. The van der Waals surface area contributed by atoms with Crippen molar-refractivity contribution in [2.75, 3.05) is 26.8 Å². The van der Waals surface area contributed by atoms with Gasteiger partial charge in [0.05, 0.1) is 6.61 Å². The minimum Gasteiger partial charge on any atom is -0.380 e. The zero-order valence-electron chi connectivity index (χ0n) is 9.54. The summed E-state index contributed by atoms with van der Waals surface area (Å²) in [6, 6.07) is 1.18. The Morgan fingerprint density at radius 3 is 2.50 bits per heavy atom. The van der Waals surface area contributed by atoms with Gasteiger partial charge in [0.25, 0.3) is 0 Å². The zero-order valence-corrected chi connectivity index (χ0v) is 9.54. The second-order valence-corrected chi connectivity index (χ2v) is 4.25. The predicted octanol–water partition coefficient (Wildman–Crippen LogP) is 1.22. The highest BCUT2D eigenvalue weighted by molar-refractivity contribution is 4.79. The van der Waals surface area contributed by atoms with Crippen molar-refractivity contribution in [3.05, 3.63) is 0 Å². The lowest BCUT2D eigenvalue weighted by atomic mass is 9.91. The maximum Gasteiger partial charge on any atom is 0.0593 e. The summed E-state index contributed by atoms with van der Waals surface area (Å²) in [5, 5.41) is 0. The molecule has 14 heavy (non-hydrogen) atoms. The maximum absolute atomic E-state index is 5.88. The lowest BCUT2D eigenvalue weighted by Crippen LogP contribution is -2.40. The van der Waals surface area contributed by atoms with Gasteiger partial charge in [-0.3, -0.25) is 0 Å². The highest BCUT2D eigenvalue weighted by atomic mass is 16.5. The molecular formula is C11H24N2O. The molecule has 1 aliphatic carbocycles. The predicted molar refractivity (Wildman–Crippen MR) is 59.4 cm³/mol. The smallest absolute Gasteiger partial charge is 0.0593 e. The van der Waals surface area contributed by atoms with E-state index in [2.05, 4.69) is 11.9 Å². The molecule has 1 saturated carbocycles. The van der Waals surface area contributed by atoms with Crippen LogP contribution in [-0.2, 0) is 4.74 Å². The number of hydrogen-bond acceptors (Lipinski definition) is 3. The zero-order chi connectivity index (χ0) is 10.4. The van der Waals surface area contributed by atoms with Crippen LogP contribution >= 0.6 is 0 Å². The summed E-state index contributed by atoms with van der Waals surface area (Å²) in [6.45, 7) is 4.77. The lowest BCUT2D eigenvalue weighted by molar-refractivity contribution is 0.0957. The molecule has 1 aliphatic rings. The van der Waals surface area contributed by atoms with Crippen LogP contribution in [0.2, 0.25) is 0 Å². The van der Waals surface area contributed by atoms with Gasteiger partial charge >= 0.3 is 0 Å². The summed E-state index contributed by atoms with van der Waals surface area (Å²) in [5.41, 5.74) is 5.88. The van der Waals surface area contributed by atoms with E-state index >= 15 is 0 Å². The van der Waals surface area contributed by atoms with Crippen molar-refractivity contribution >= 4 is 0 Å². The average molecular weight is 200 g/mol. The molecule has 2 N–H and O–H groups in total. The van der Waals surface area contributed by atoms with Crippen LogP contribution in [-0.4, -0.2) is 43.8 Å². The Bertz CT molecular complexity index is 144. The minimum absolute atomic E-state index is 0.451. The largest absolute Gasteiger partial charge is 0.380 e. The number of nitrogens with two attached hydrogens (primary N) is 1. The molecule has 1 rings (SSSR count). The van der Waals surface area contributed by atoms with Gasteiger partial charge in [-0.2, -0.15) is 0 Å². The molecule has 0 radical (unpaired) electrons. The molecule has 0 bridgehead atoms. The molecule has 0 heterocycles. The molecule has 0 aromatic carbocycles. The Hall–Kier alpha value is -0.120. The monoisotopic (exact) mass is 200 g/mol. The van der Waals surface area contributed by atoms with Gasteiger partial charge in [0.1, 0.15) is 0 Å². The molecule has 3 nitrogen and oxygen atoms in total. The van der Waals surface area contributed by atoms with Gasteiger partial charge in [0, 0.05) is 25.2 Å². The van der Waals surface area contributed by atoms with E-state index in [4.69, 9.17) is 10.5 Å². The Kier molecular flexibility index (Phi) is 5.45. The molecular weight excluding hydrogens is 176 g/mol. The standard InChI is InChI=1S/C11H24N2O/c1-3-14-9-8-13(2)11-6-4-10(12)5-7-11/h10-11H,3-9,12H2,1-2H3. The summed E-state index contributed by atoms with van der Waals surface area (Å²) in [5.74, 6) is 0. The summed E-state index contributed by atoms with van der Waals surface area (Å²) in [6.07, 6.45) is 4.88. The highest BCUT2D eigenvalue weighted by Crippen LogP contribution is 2.20. The highest BCUT2D eigenvalue weighted by Gasteiger charge is 2.21. The molecule has 0 aromatic rings. The summed E-state index contributed by atoms with van der Waals surface area (Å²) in [7, 11) is 2.19. The van der Waals surface area contributed by atoms with Crippen molar-refractivity contribution in [3.63, 3.8) is 0 Å². The summed E-state index contributed by atoms with van der Waals surface area (Å²) >= 11 is 0. The van der Waals surface area contributed by atoms with Crippen molar-refractivity contribution < 1.29 is 4.74 Å². The van der Waals surface area contributed by atoms with Gasteiger partial charge in [-0.05, 0) is 39.7 Å². The van der Waals surface area contributed by atoms with Crippen LogP contribution in [0.5, 0.6) is 0 Å². The van der Waals surface area contributed by atoms with Crippen LogP contribution in [0.15, 0.2) is 0 Å². The third-order valence-electron chi connectivity index (χ3n) is 3.16. The molecule has 0 atom stereocenters. The van der Waals surface area contributed by atoms with Crippen molar-refractivity contribution in [1.29, 1.82) is 0 Å². The van der Waals surface area contributed by atoms with Crippen LogP contribution in [0.1, 0.15) is 32.6 Å². The van der Waals surface area contributed by atoms with Gasteiger partial charge in [-0.15, -0.1) is 0 Å². The fraction of sp³-hybridized carbons (Fsp3) is 1.00. The normalized spacial score (nSPS) is 28.3. The van der Waals surface area contributed by atoms with E-state index in [1.807, 2.05) is 6.92 Å². The molecule has 0 aliphatic heterocycles. The van der Waals surface area contributed by atoms with Gasteiger partial charge in [0.2, 0.25) is 0 Å². The van der Waals surface area contributed by atoms with E-state index in [-0.39, 0.29) is 0 Å². The summed E-state index contributed by atoms with van der Waals surface area (Å²) < 4.78 is 5.35. The first-order chi connectivity index (χ1) is 6.74. The second-order valence-electron chi connectivity index (χ2n) is 4.25. The molecule has 1 fully saturated rings. The molecule has 0 amide bonds. The molecule has 3 heteroatoms. The van der Waals surface area contributed by atoms with Crippen LogP contribution in [0.4, 0.5) is 0 Å². The first kappa shape index (κ1) is 12.0. The Labute approximate surface area is 87.6 Å². The van der Waals surface area contributed by atoms with E-state index in [0.29, 0.717) is 6.04 Å². The van der Waals surface area contributed by atoms with Crippen LogP contribution in [0.25, 0.3) is 0 Å². The van der Waals surface area contributed by atoms with Gasteiger partial charge in [-0.1, -0.05) is 0 Å². The summed E-state index contributed by atoms with van der Waals surface area (Å²) in [4.78, 5) is 2.42. The minimum atomic E-state index is 0.451. The van der Waals surface area contributed by atoms with Gasteiger partial charge < -0.3 is 15.4 Å². The first-order valence-corrected chi connectivity index (χ1v) is 5.77. The van der Waals surface area contributed by atoms with Crippen LogP contribution < -0.4 is 5.73 Å². The Morgan fingerprint density at radius 2 is 1.93 bits per heavy atom. The average Bonchev–Trinajstić information content (AvgIpc) is 2.19. The van der Waals surface area contributed by atoms with Gasteiger partial charge in [0.15, 0.2) is 0 Å². The van der Waals surface area contributed by atoms with E-state index in [0.717, 1.165) is 25.8 Å². The second kappa shape index (κ2) is 6.38. The molecule has 84 valence electrons. The van der Waals surface area contributed by atoms with Crippen molar-refractivity contribution in [2.24, 2.45) is 5.73 Å². The number of ether oxygens (including phenoxy) is 1. The van der Waals surface area contributed by atoms with Crippen LogP contribution in [0.3, 0.4) is 0 Å². The van der Waals surface area contributed by atoms with Crippen molar-refractivity contribution in [1.82, 2.24) is 4.90 Å². The molecule has 0 saturated heterocycles. The maximum atomic E-state index is 5.88. The van der Waals surface area contributed by atoms with E-state index in [1.165, 1.54) is 25.7 Å². The molecule has 0 spiro atoms. The van der Waals surface area contributed by atoms with E-state index in [9.17, 15) is 0 Å². The quantitative estimate of drug-likeness (QED) is 0.678. The van der Waals surface area contributed by atoms with E-state index in [1.54, 1.807) is 0 Å². The molecule has 0 aromatic heterocycles. The van der Waals surface area contributed by atoms with Crippen molar-refractivity contribution in [2.45, 2.75) is 44.7 Å². The fourth-order valence-electron chi connectivity index (χ4n) is 2.08. The van der Waals surface area contributed by atoms with Gasteiger partial charge in [-0.25, -0.2) is 0 Å². The third-order valence-corrected chi connectivity index (χ3v) is 3.16. The SMILES string of the molecule is CCOCCN(C)C1CCC(N)CC1. The van der Waals surface area contributed by atoms with E-state index < -0.39 is 0 Å². The molecule has 0 unspecified atom stereocenters. The van der Waals surface area contributed by atoms with Crippen molar-refractivity contribution in [3.8, 4) is 0 Å². The Morgan fingerprint density at radius 1 is 1.29 bits per heavy atom.